The maximum Gasteiger partial charge on any atom is 0.337 e. The molecule has 3 aromatic rings. The molecule has 0 spiro atoms. The summed E-state index contributed by atoms with van der Waals surface area (Å²) in [4.78, 5) is 30.0. The number of ether oxygens (including phenoxy) is 1. The molecule has 5 heteroatoms. The number of aromatic amines is 1. The summed E-state index contributed by atoms with van der Waals surface area (Å²) >= 11 is 0. The van der Waals surface area contributed by atoms with Crippen molar-refractivity contribution in [1.82, 2.24) is 9.97 Å². The van der Waals surface area contributed by atoms with Crippen LogP contribution in [0.1, 0.15) is 10.4 Å². The van der Waals surface area contributed by atoms with Crippen molar-refractivity contribution in [3.05, 3.63) is 64.7 Å². The normalized spacial score (nSPS) is 10.5. The molecule has 0 aliphatic carbocycles. The van der Waals surface area contributed by atoms with Gasteiger partial charge in [-0.2, -0.15) is 0 Å². The van der Waals surface area contributed by atoms with Crippen LogP contribution in [0.15, 0.2) is 53.6 Å². The molecular weight excluding hydrogens is 268 g/mol. The first-order valence-corrected chi connectivity index (χ1v) is 6.35. The summed E-state index contributed by atoms with van der Waals surface area (Å²) in [6.07, 6.45) is 1.38. The van der Waals surface area contributed by atoms with Gasteiger partial charge in [-0.15, -0.1) is 0 Å². The van der Waals surface area contributed by atoms with Crippen LogP contribution in [0.25, 0.3) is 22.0 Å². The summed E-state index contributed by atoms with van der Waals surface area (Å²) in [5, 5.41) is 0.512. The Bertz CT molecular complexity index is 884. The average Bonchev–Trinajstić information content (AvgIpc) is 2.54. The van der Waals surface area contributed by atoms with Crippen LogP contribution in [-0.4, -0.2) is 23.0 Å². The second-order valence-corrected chi connectivity index (χ2v) is 4.54. The number of nitrogens with zero attached hydrogens (tertiary/aromatic N) is 1. The molecular formula is C16H12N2O3. The van der Waals surface area contributed by atoms with Gasteiger partial charge in [-0.05, 0) is 35.4 Å². The fourth-order valence-electron chi connectivity index (χ4n) is 2.19. The Labute approximate surface area is 120 Å². The van der Waals surface area contributed by atoms with Crippen LogP contribution in [0.4, 0.5) is 0 Å². The average molecular weight is 280 g/mol. The van der Waals surface area contributed by atoms with Gasteiger partial charge in [-0.3, -0.25) is 4.79 Å². The summed E-state index contributed by atoms with van der Waals surface area (Å²) in [6.45, 7) is 0. The highest BCUT2D eigenvalue weighted by Crippen LogP contribution is 2.23. The third-order valence-corrected chi connectivity index (χ3v) is 3.26. The van der Waals surface area contributed by atoms with E-state index in [0.29, 0.717) is 16.5 Å². The number of nitrogens with one attached hydrogen (secondary N) is 1. The SMILES string of the molecule is COC(=O)c1cccc(-c2ccc3nc[nH]c(=O)c3c2)c1. The molecule has 3 rings (SSSR count). The lowest BCUT2D eigenvalue weighted by molar-refractivity contribution is 0.0601. The van der Waals surface area contributed by atoms with E-state index >= 15 is 0 Å². The highest BCUT2D eigenvalue weighted by Gasteiger charge is 2.08. The van der Waals surface area contributed by atoms with E-state index in [2.05, 4.69) is 9.97 Å². The number of carbonyl (C=O) groups is 1. The van der Waals surface area contributed by atoms with Crippen LogP contribution in [0.2, 0.25) is 0 Å². The summed E-state index contributed by atoms with van der Waals surface area (Å²) in [5.74, 6) is -0.392. The van der Waals surface area contributed by atoms with Crippen LogP contribution in [0.5, 0.6) is 0 Å². The van der Waals surface area contributed by atoms with Crippen LogP contribution < -0.4 is 5.56 Å². The highest BCUT2D eigenvalue weighted by molar-refractivity contribution is 5.91. The zero-order valence-electron chi connectivity index (χ0n) is 11.3. The molecule has 1 aromatic heterocycles. The predicted octanol–water partition coefficient (Wildman–Crippen LogP) is 2.38. The lowest BCUT2D eigenvalue weighted by Crippen LogP contribution is -2.06. The Morgan fingerprint density at radius 3 is 2.76 bits per heavy atom. The number of hydrogen-bond acceptors (Lipinski definition) is 4. The van der Waals surface area contributed by atoms with Crippen LogP contribution in [0, 0.1) is 0 Å². The molecule has 0 fully saturated rings. The van der Waals surface area contributed by atoms with Gasteiger partial charge in [0.1, 0.15) is 0 Å². The molecule has 0 amide bonds. The van der Waals surface area contributed by atoms with Gasteiger partial charge in [-0.25, -0.2) is 9.78 Å². The monoisotopic (exact) mass is 280 g/mol. The van der Waals surface area contributed by atoms with Crippen molar-refractivity contribution in [2.45, 2.75) is 0 Å². The van der Waals surface area contributed by atoms with E-state index in [1.54, 1.807) is 30.3 Å². The molecule has 2 aromatic carbocycles. The molecule has 5 nitrogen and oxygen atoms in total. The maximum atomic E-state index is 11.8. The standard InChI is InChI=1S/C16H12N2O3/c1-21-16(20)12-4-2-3-10(7-12)11-5-6-14-13(8-11)15(19)18-9-17-14/h2-9H,1H3,(H,17,18,19). The lowest BCUT2D eigenvalue weighted by atomic mass is 10.0. The van der Waals surface area contributed by atoms with E-state index in [0.717, 1.165) is 11.1 Å². The lowest BCUT2D eigenvalue weighted by Gasteiger charge is -2.05. The molecule has 0 saturated carbocycles. The Balaban J connectivity index is 2.14. The summed E-state index contributed by atoms with van der Waals surface area (Å²) in [6, 6.07) is 12.5. The minimum absolute atomic E-state index is 0.189. The topological polar surface area (TPSA) is 72.0 Å². The zero-order valence-corrected chi connectivity index (χ0v) is 11.3. The first kappa shape index (κ1) is 13.1. The second kappa shape index (κ2) is 5.20. The van der Waals surface area contributed by atoms with E-state index in [1.807, 2.05) is 12.1 Å². The van der Waals surface area contributed by atoms with E-state index in [1.165, 1.54) is 13.4 Å². The number of rotatable bonds is 2. The van der Waals surface area contributed by atoms with Crippen molar-refractivity contribution in [2.24, 2.45) is 0 Å². The van der Waals surface area contributed by atoms with Gasteiger partial charge in [0.05, 0.1) is 29.9 Å². The first-order chi connectivity index (χ1) is 10.2. The minimum Gasteiger partial charge on any atom is -0.465 e. The van der Waals surface area contributed by atoms with Crippen molar-refractivity contribution in [1.29, 1.82) is 0 Å². The third-order valence-electron chi connectivity index (χ3n) is 3.26. The Morgan fingerprint density at radius 2 is 1.95 bits per heavy atom. The Morgan fingerprint density at radius 1 is 1.14 bits per heavy atom. The summed E-state index contributed by atoms with van der Waals surface area (Å²) in [5.41, 5.74) is 2.59. The van der Waals surface area contributed by atoms with Crippen molar-refractivity contribution in [3.8, 4) is 11.1 Å². The molecule has 0 atom stereocenters. The molecule has 1 heterocycles. The number of aromatic nitrogens is 2. The van der Waals surface area contributed by atoms with Gasteiger partial charge < -0.3 is 9.72 Å². The van der Waals surface area contributed by atoms with Gasteiger partial charge in [0.15, 0.2) is 0 Å². The molecule has 0 bridgehead atoms. The molecule has 0 aliphatic rings. The highest BCUT2D eigenvalue weighted by atomic mass is 16.5. The van der Waals surface area contributed by atoms with Gasteiger partial charge in [0.25, 0.3) is 5.56 Å². The molecule has 104 valence electrons. The van der Waals surface area contributed by atoms with E-state index in [9.17, 15) is 9.59 Å². The largest absolute Gasteiger partial charge is 0.465 e. The van der Waals surface area contributed by atoms with Gasteiger partial charge in [0.2, 0.25) is 0 Å². The minimum atomic E-state index is -0.392. The first-order valence-electron chi connectivity index (χ1n) is 6.35. The van der Waals surface area contributed by atoms with Crippen LogP contribution in [0.3, 0.4) is 0 Å². The number of methoxy groups -OCH3 is 1. The maximum absolute atomic E-state index is 11.8. The van der Waals surface area contributed by atoms with E-state index < -0.39 is 5.97 Å². The smallest absolute Gasteiger partial charge is 0.337 e. The third kappa shape index (κ3) is 2.41. The summed E-state index contributed by atoms with van der Waals surface area (Å²) < 4.78 is 4.71. The van der Waals surface area contributed by atoms with Crippen molar-refractivity contribution in [2.75, 3.05) is 7.11 Å². The van der Waals surface area contributed by atoms with Crippen LogP contribution in [-0.2, 0) is 4.74 Å². The second-order valence-electron chi connectivity index (χ2n) is 4.54. The molecule has 21 heavy (non-hydrogen) atoms. The number of fused-ring (bicyclic) bond motifs is 1. The van der Waals surface area contributed by atoms with Crippen molar-refractivity contribution in [3.63, 3.8) is 0 Å². The van der Waals surface area contributed by atoms with Crippen molar-refractivity contribution < 1.29 is 9.53 Å². The van der Waals surface area contributed by atoms with Crippen LogP contribution >= 0.6 is 0 Å². The molecule has 0 unspecified atom stereocenters. The van der Waals surface area contributed by atoms with Gasteiger partial charge in [-0.1, -0.05) is 18.2 Å². The Kier molecular flexibility index (Phi) is 3.23. The number of esters is 1. The summed E-state index contributed by atoms with van der Waals surface area (Å²) in [7, 11) is 1.34. The fraction of sp³-hybridized carbons (Fsp3) is 0.0625. The van der Waals surface area contributed by atoms with Crippen molar-refractivity contribution >= 4 is 16.9 Å². The number of hydrogen-bond donors (Lipinski definition) is 1. The number of benzene rings is 2. The fourth-order valence-corrected chi connectivity index (χ4v) is 2.19. The number of carbonyl (C=O) groups excluding carboxylic acids is 1. The molecule has 0 aliphatic heterocycles. The Hall–Kier alpha value is -2.95. The number of H-pyrrole nitrogens is 1. The van der Waals surface area contributed by atoms with E-state index in [-0.39, 0.29) is 5.56 Å². The molecule has 0 radical (unpaired) electrons. The van der Waals surface area contributed by atoms with Gasteiger partial charge in [0, 0.05) is 0 Å². The van der Waals surface area contributed by atoms with E-state index in [4.69, 9.17) is 4.74 Å². The quantitative estimate of drug-likeness (QED) is 0.731. The zero-order chi connectivity index (χ0) is 14.8. The predicted molar refractivity (Wildman–Crippen MR) is 79.1 cm³/mol. The molecule has 1 N–H and O–H groups in total. The van der Waals surface area contributed by atoms with Gasteiger partial charge >= 0.3 is 5.97 Å². The molecule has 0 saturated heterocycles.